The van der Waals surface area contributed by atoms with E-state index in [9.17, 15) is 0 Å². The summed E-state index contributed by atoms with van der Waals surface area (Å²) in [5.41, 5.74) is 2.93. The van der Waals surface area contributed by atoms with Crippen LogP contribution in [0.3, 0.4) is 0 Å². The fourth-order valence-electron chi connectivity index (χ4n) is 1.51. The van der Waals surface area contributed by atoms with Crippen molar-refractivity contribution in [1.29, 1.82) is 5.26 Å². The van der Waals surface area contributed by atoms with Crippen molar-refractivity contribution in [1.82, 2.24) is 0 Å². The molecule has 0 heterocycles. The van der Waals surface area contributed by atoms with Crippen molar-refractivity contribution >= 4 is 34.7 Å². The standard InChI is InChI=1S/C15H10IN/c16-15-7-2-1-6-14(15)9-8-12-4-3-5-13(10-12)11-17/h1-10H/b9-8+. The summed E-state index contributed by atoms with van der Waals surface area (Å²) in [5, 5.41) is 8.82. The summed E-state index contributed by atoms with van der Waals surface area (Å²) < 4.78 is 1.22. The lowest BCUT2D eigenvalue weighted by molar-refractivity contribution is 1.48. The maximum Gasteiger partial charge on any atom is 0.0991 e. The van der Waals surface area contributed by atoms with Gasteiger partial charge in [0.15, 0.2) is 0 Å². The highest BCUT2D eigenvalue weighted by Crippen LogP contribution is 2.15. The molecule has 0 N–H and O–H groups in total. The van der Waals surface area contributed by atoms with Crippen LogP contribution in [-0.4, -0.2) is 0 Å². The molecule has 0 atom stereocenters. The fraction of sp³-hybridized carbons (Fsp3) is 0. The Kier molecular flexibility index (Phi) is 3.94. The van der Waals surface area contributed by atoms with Crippen molar-refractivity contribution in [3.8, 4) is 6.07 Å². The van der Waals surface area contributed by atoms with Gasteiger partial charge in [0.25, 0.3) is 0 Å². The zero-order valence-electron chi connectivity index (χ0n) is 9.10. The minimum absolute atomic E-state index is 0.690. The summed E-state index contributed by atoms with van der Waals surface area (Å²) in [7, 11) is 0. The van der Waals surface area contributed by atoms with Crippen LogP contribution in [0.15, 0.2) is 48.5 Å². The minimum Gasteiger partial charge on any atom is -0.192 e. The molecule has 0 saturated carbocycles. The maximum absolute atomic E-state index is 8.82. The van der Waals surface area contributed by atoms with Gasteiger partial charge < -0.3 is 0 Å². The predicted molar refractivity (Wildman–Crippen MR) is 79.2 cm³/mol. The van der Waals surface area contributed by atoms with Gasteiger partial charge in [0.2, 0.25) is 0 Å². The average Bonchev–Trinajstić information content (AvgIpc) is 2.38. The third-order valence-electron chi connectivity index (χ3n) is 2.38. The summed E-state index contributed by atoms with van der Waals surface area (Å²) in [6.45, 7) is 0. The van der Waals surface area contributed by atoms with E-state index in [0.717, 1.165) is 5.56 Å². The predicted octanol–water partition coefficient (Wildman–Crippen LogP) is 4.33. The number of halogens is 1. The molecule has 0 unspecified atom stereocenters. The Morgan fingerprint density at radius 3 is 2.59 bits per heavy atom. The molecule has 0 aliphatic heterocycles. The van der Waals surface area contributed by atoms with E-state index >= 15 is 0 Å². The second kappa shape index (κ2) is 5.65. The van der Waals surface area contributed by atoms with E-state index in [-0.39, 0.29) is 0 Å². The molecule has 1 nitrogen and oxygen atoms in total. The van der Waals surface area contributed by atoms with Crippen LogP contribution in [0.2, 0.25) is 0 Å². The highest BCUT2D eigenvalue weighted by Gasteiger charge is 1.94. The molecule has 0 aliphatic rings. The number of hydrogen-bond donors (Lipinski definition) is 0. The normalized spacial score (nSPS) is 10.4. The number of benzene rings is 2. The quantitative estimate of drug-likeness (QED) is 0.593. The zero-order valence-corrected chi connectivity index (χ0v) is 11.3. The van der Waals surface area contributed by atoms with E-state index in [2.05, 4.69) is 46.9 Å². The zero-order chi connectivity index (χ0) is 12.1. The van der Waals surface area contributed by atoms with Gasteiger partial charge in [0, 0.05) is 3.57 Å². The molecular formula is C15H10IN. The van der Waals surface area contributed by atoms with Crippen LogP contribution in [0.5, 0.6) is 0 Å². The SMILES string of the molecule is N#Cc1cccc(/C=C/c2ccccc2I)c1. The molecule has 0 amide bonds. The molecule has 2 heteroatoms. The van der Waals surface area contributed by atoms with Crippen LogP contribution in [0.1, 0.15) is 16.7 Å². The third-order valence-corrected chi connectivity index (χ3v) is 3.36. The molecule has 2 aromatic rings. The van der Waals surface area contributed by atoms with Crippen molar-refractivity contribution in [3.63, 3.8) is 0 Å². The van der Waals surface area contributed by atoms with Crippen LogP contribution in [-0.2, 0) is 0 Å². The summed E-state index contributed by atoms with van der Waals surface area (Å²) >= 11 is 2.31. The van der Waals surface area contributed by atoms with Gasteiger partial charge in [-0.15, -0.1) is 0 Å². The van der Waals surface area contributed by atoms with Gasteiger partial charge in [-0.2, -0.15) is 5.26 Å². The van der Waals surface area contributed by atoms with Gasteiger partial charge >= 0.3 is 0 Å². The van der Waals surface area contributed by atoms with E-state index in [1.807, 2.05) is 42.5 Å². The van der Waals surface area contributed by atoms with Gasteiger partial charge in [-0.05, 0) is 51.9 Å². The molecule has 2 rings (SSSR count). The van der Waals surface area contributed by atoms with E-state index in [1.54, 1.807) is 0 Å². The summed E-state index contributed by atoms with van der Waals surface area (Å²) in [4.78, 5) is 0. The highest BCUT2D eigenvalue weighted by atomic mass is 127. The van der Waals surface area contributed by atoms with Crippen LogP contribution >= 0.6 is 22.6 Å². The lowest BCUT2D eigenvalue weighted by Gasteiger charge is -1.97. The Hall–Kier alpha value is -1.60. The fourth-order valence-corrected chi connectivity index (χ4v) is 2.08. The molecular weight excluding hydrogens is 321 g/mol. The van der Waals surface area contributed by atoms with Crippen LogP contribution < -0.4 is 0 Å². The Balaban J connectivity index is 2.27. The Morgan fingerprint density at radius 2 is 1.82 bits per heavy atom. The molecule has 82 valence electrons. The summed E-state index contributed by atoms with van der Waals surface area (Å²) in [6.07, 6.45) is 4.09. The van der Waals surface area contributed by atoms with Gasteiger partial charge in [-0.3, -0.25) is 0 Å². The minimum atomic E-state index is 0.690. The van der Waals surface area contributed by atoms with Crippen LogP contribution in [0.4, 0.5) is 0 Å². The molecule has 0 radical (unpaired) electrons. The molecule has 0 saturated heterocycles. The maximum atomic E-state index is 8.82. The summed E-state index contributed by atoms with van der Waals surface area (Å²) in [5.74, 6) is 0. The molecule has 2 aromatic carbocycles. The van der Waals surface area contributed by atoms with Gasteiger partial charge in [0.1, 0.15) is 0 Å². The smallest absolute Gasteiger partial charge is 0.0991 e. The second-order valence-corrected chi connectivity index (χ2v) is 4.75. The first-order chi connectivity index (χ1) is 8.29. The van der Waals surface area contributed by atoms with Gasteiger partial charge in [-0.1, -0.05) is 42.5 Å². The van der Waals surface area contributed by atoms with Crippen molar-refractivity contribution < 1.29 is 0 Å². The number of nitrogens with zero attached hydrogens (tertiary/aromatic N) is 1. The molecule has 0 aromatic heterocycles. The lowest BCUT2D eigenvalue weighted by atomic mass is 10.1. The van der Waals surface area contributed by atoms with Gasteiger partial charge in [0.05, 0.1) is 11.6 Å². The first-order valence-corrected chi connectivity index (χ1v) is 6.30. The molecule has 0 spiro atoms. The summed E-state index contributed by atoms with van der Waals surface area (Å²) in [6, 6.07) is 17.9. The average molecular weight is 331 g/mol. The largest absolute Gasteiger partial charge is 0.192 e. The third kappa shape index (κ3) is 3.18. The molecule has 0 bridgehead atoms. The monoisotopic (exact) mass is 331 g/mol. The lowest BCUT2D eigenvalue weighted by Crippen LogP contribution is -1.79. The molecule has 0 aliphatic carbocycles. The van der Waals surface area contributed by atoms with Crippen molar-refractivity contribution in [2.75, 3.05) is 0 Å². The van der Waals surface area contributed by atoms with E-state index in [0.29, 0.717) is 5.56 Å². The van der Waals surface area contributed by atoms with Crippen molar-refractivity contribution in [2.45, 2.75) is 0 Å². The molecule has 17 heavy (non-hydrogen) atoms. The van der Waals surface area contributed by atoms with E-state index in [4.69, 9.17) is 5.26 Å². The van der Waals surface area contributed by atoms with Crippen LogP contribution in [0, 0.1) is 14.9 Å². The first-order valence-electron chi connectivity index (χ1n) is 5.22. The van der Waals surface area contributed by atoms with Crippen molar-refractivity contribution in [2.24, 2.45) is 0 Å². The van der Waals surface area contributed by atoms with Crippen molar-refractivity contribution in [3.05, 3.63) is 68.8 Å². The topological polar surface area (TPSA) is 23.8 Å². The van der Waals surface area contributed by atoms with E-state index < -0.39 is 0 Å². The number of rotatable bonds is 2. The molecule has 0 fully saturated rings. The number of nitriles is 1. The highest BCUT2D eigenvalue weighted by molar-refractivity contribution is 14.1. The van der Waals surface area contributed by atoms with E-state index in [1.165, 1.54) is 9.13 Å². The number of hydrogen-bond acceptors (Lipinski definition) is 1. The Bertz CT molecular complexity index is 594. The Labute approximate surface area is 115 Å². The first kappa shape index (κ1) is 11.9. The Morgan fingerprint density at radius 1 is 1.00 bits per heavy atom. The van der Waals surface area contributed by atoms with Gasteiger partial charge in [-0.25, -0.2) is 0 Å². The second-order valence-electron chi connectivity index (χ2n) is 3.59. The van der Waals surface area contributed by atoms with Crippen LogP contribution in [0.25, 0.3) is 12.2 Å².